The second-order valence-electron chi connectivity index (χ2n) is 9.15. The Morgan fingerprint density at radius 1 is 0.730 bits per heavy atom. The molecule has 0 aliphatic heterocycles. The Morgan fingerprint density at radius 2 is 1.14 bits per heavy atom. The van der Waals surface area contributed by atoms with Crippen molar-refractivity contribution < 1.29 is 34.8 Å². The van der Waals surface area contributed by atoms with E-state index >= 15 is 0 Å². The third-order valence-electron chi connectivity index (χ3n) is 5.93. The quantitative estimate of drug-likeness (QED) is 0.326. The van der Waals surface area contributed by atoms with Gasteiger partial charge in [-0.25, -0.2) is 13.1 Å². The fourth-order valence-corrected chi connectivity index (χ4v) is 5.49. The van der Waals surface area contributed by atoms with Crippen LogP contribution in [0.2, 0.25) is 0 Å². The van der Waals surface area contributed by atoms with Crippen molar-refractivity contribution in [2.24, 2.45) is 11.7 Å². The van der Waals surface area contributed by atoms with Crippen LogP contribution in [0, 0.1) is 5.92 Å². The maximum absolute atomic E-state index is 13.4. The van der Waals surface area contributed by atoms with E-state index in [0.29, 0.717) is 11.1 Å². The Labute approximate surface area is 211 Å². The molecule has 0 aromatic heterocycles. The van der Waals surface area contributed by atoms with Crippen LogP contribution in [0.3, 0.4) is 0 Å². The first-order valence-corrected chi connectivity index (χ1v) is 12.7. The summed E-state index contributed by atoms with van der Waals surface area (Å²) in [5, 5.41) is 0. The van der Waals surface area contributed by atoms with Crippen molar-refractivity contribution >= 4 is 10.0 Å². The molecule has 0 heterocycles. The van der Waals surface area contributed by atoms with Crippen LogP contribution in [-0.2, 0) is 27.9 Å². The smallest absolute Gasteiger partial charge is 0.316 e. The third-order valence-corrected chi connectivity index (χ3v) is 7.38. The summed E-state index contributed by atoms with van der Waals surface area (Å²) in [6.07, 6.45) is -10.3. The van der Waals surface area contributed by atoms with Gasteiger partial charge in [-0.2, -0.15) is 26.3 Å². The van der Waals surface area contributed by atoms with E-state index in [2.05, 4.69) is 4.72 Å². The zero-order valence-electron chi connectivity index (χ0n) is 19.9. The van der Waals surface area contributed by atoms with Crippen molar-refractivity contribution in [2.75, 3.05) is 0 Å². The maximum Gasteiger partial charge on any atom is 0.416 e. The fourth-order valence-electron chi connectivity index (χ4n) is 4.13. The molecule has 0 spiro atoms. The average Bonchev–Trinajstić information content (AvgIpc) is 2.82. The van der Waals surface area contributed by atoms with Gasteiger partial charge in [0.05, 0.1) is 21.6 Å². The Hall–Kier alpha value is -2.89. The topological polar surface area (TPSA) is 72.2 Å². The number of hydrogen-bond acceptors (Lipinski definition) is 3. The predicted octanol–water partition coefficient (Wildman–Crippen LogP) is 6.32. The molecule has 3 aromatic carbocycles. The van der Waals surface area contributed by atoms with Gasteiger partial charge in [0.15, 0.2) is 0 Å². The zero-order chi connectivity index (χ0) is 27.6. The molecule has 0 aliphatic carbocycles. The lowest BCUT2D eigenvalue weighted by Gasteiger charge is -2.40. The van der Waals surface area contributed by atoms with Crippen molar-refractivity contribution in [3.63, 3.8) is 0 Å². The number of nitrogens with one attached hydrogen (secondary N) is 1. The Morgan fingerprint density at radius 3 is 1.49 bits per heavy atom. The predicted molar refractivity (Wildman–Crippen MR) is 128 cm³/mol. The van der Waals surface area contributed by atoms with E-state index in [1.54, 1.807) is 74.5 Å². The monoisotopic (exact) mass is 544 g/mol. The van der Waals surface area contributed by atoms with Gasteiger partial charge in [0.2, 0.25) is 10.0 Å². The number of nitrogens with two attached hydrogens (primary N) is 1. The molecule has 0 radical (unpaired) electrons. The van der Waals surface area contributed by atoms with Crippen molar-refractivity contribution in [2.45, 2.75) is 49.1 Å². The Balaban J connectivity index is 2.20. The van der Waals surface area contributed by atoms with Crippen molar-refractivity contribution in [1.29, 1.82) is 0 Å². The van der Waals surface area contributed by atoms with E-state index in [9.17, 15) is 34.8 Å². The van der Waals surface area contributed by atoms with Crippen molar-refractivity contribution in [3.05, 3.63) is 101 Å². The summed E-state index contributed by atoms with van der Waals surface area (Å²) in [5.41, 5.74) is 2.98. The minimum absolute atomic E-state index is 0.119. The number of rotatable bonds is 8. The summed E-state index contributed by atoms with van der Waals surface area (Å²) in [6.45, 7) is 3.59. The second kappa shape index (κ2) is 10.5. The van der Waals surface area contributed by atoms with Gasteiger partial charge in [-0.15, -0.1) is 0 Å². The number of hydrogen-bond donors (Lipinski definition) is 2. The fraction of sp³-hybridized carbons (Fsp3) is 0.308. The average molecular weight is 545 g/mol. The molecule has 0 bridgehead atoms. The standard InChI is InChI=1S/C26H26F6N2O2S/c1-17(2)13-23(24(33,18-9-5-3-6-10-18)19-11-7-4-8-12-19)34-37(35,36)22-15-20(25(27,28)29)14-21(16-22)26(30,31)32/h3-12,14-17,23,34H,13,33H2,1-2H3/t23-/m0/s1. The summed E-state index contributed by atoms with van der Waals surface area (Å²) in [4.78, 5) is -1.16. The van der Waals surface area contributed by atoms with E-state index in [0.717, 1.165) is 0 Å². The van der Waals surface area contributed by atoms with Gasteiger partial charge in [0.1, 0.15) is 0 Å². The molecule has 11 heteroatoms. The van der Waals surface area contributed by atoms with Crippen molar-refractivity contribution in [3.8, 4) is 0 Å². The molecule has 0 saturated heterocycles. The lowest BCUT2D eigenvalue weighted by Crippen LogP contribution is -2.57. The van der Waals surface area contributed by atoms with Gasteiger partial charge in [0, 0.05) is 6.04 Å². The first-order chi connectivity index (χ1) is 17.0. The molecule has 0 amide bonds. The number of sulfonamides is 1. The number of alkyl halides is 6. The number of halogens is 6. The Bertz CT molecular complexity index is 1240. The van der Waals surface area contributed by atoms with Gasteiger partial charge < -0.3 is 5.73 Å². The van der Waals surface area contributed by atoms with E-state index in [1.165, 1.54) is 0 Å². The first-order valence-electron chi connectivity index (χ1n) is 11.3. The highest BCUT2D eigenvalue weighted by molar-refractivity contribution is 7.89. The summed E-state index contributed by atoms with van der Waals surface area (Å²) in [7, 11) is -4.90. The maximum atomic E-state index is 13.4. The van der Waals surface area contributed by atoms with Crippen LogP contribution in [0.1, 0.15) is 42.5 Å². The van der Waals surface area contributed by atoms with Crippen LogP contribution in [0.15, 0.2) is 83.8 Å². The molecule has 3 rings (SSSR count). The molecule has 200 valence electrons. The van der Waals surface area contributed by atoms with Crippen LogP contribution in [0.25, 0.3) is 0 Å². The second-order valence-corrected chi connectivity index (χ2v) is 10.9. The molecule has 0 aliphatic rings. The molecule has 0 unspecified atom stereocenters. The highest BCUT2D eigenvalue weighted by Crippen LogP contribution is 2.38. The summed E-state index contributed by atoms with van der Waals surface area (Å²) in [6, 6.07) is 16.1. The molecule has 4 nitrogen and oxygen atoms in total. The van der Waals surface area contributed by atoms with Crippen LogP contribution in [0.4, 0.5) is 26.3 Å². The molecule has 3 aromatic rings. The van der Waals surface area contributed by atoms with Gasteiger partial charge in [-0.05, 0) is 41.7 Å². The molecule has 37 heavy (non-hydrogen) atoms. The Kier molecular flexibility index (Phi) is 8.11. The van der Waals surface area contributed by atoms with E-state index in [1.807, 2.05) is 0 Å². The van der Waals surface area contributed by atoms with Gasteiger partial charge in [-0.1, -0.05) is 74.5 Å². The van der Waals surface area contributed by atoms with Crippen LogP contribution < -0.4 is 10.5 Å². The minimum Gasteiger partial charge on any atom is -0.316 e. The molecule has 3 N–H and O–H groups in total. The summed E-state index contributed by atoms with van der Waals surface area (Å²) >= 11 is 0. The largest absolute Gasteiger partial charge is 0.416 e. The zero-order valence-corrected chi connectivity index (χ0v) is 20.8. The molecule has 0 saturated carbocycles. The van der Waals surface area contributed by atoms with Gasteiger partial charge in [-0.3, -0.25) is 0 Å². The van der Waals surface area contributed by atoms with Crippen LogP contribution in [0.5, 0.6) is 0 Å². The van der Waals surface area contributed by atoms with Crippen molar-refractivity contribution in [1.82, 2.24) is 4.72 Å². The normalized spacial score (nSPS) is 14.1. The highest BCUT2D eigenvalue weighted by Gasteiger charge is 2.43. The molecule has 1 atom stereocenters. The van der Waals surface area contributed by atoms with E-state index in [4.69, 9.17) is 5.73 Å². The summed E-state index contributed by atoms with van der Waals surface area (Å²) in [5.74, 6) is -0.143. The molecular weight excluding hydrogens is 518 g/mol. The van der Waals surface area contributed by atoms with Crippen LogP contribution >= 0.6 is 0 Å². The van der Waals surface area contributed by atoms with E-state index in [-0.39, 0.29) is 30.5 Å². The lowest BCUT2D eigenvalue weighted by atomic mass is 9.75. The molecule has 0 fully saturated rings. The minimum atomic E-state index is -5.20. The van der Waals surface area contributed by atoms with Crippen LogP contribution in [-0.4, -0.2) is 14.5 Å². The summed E-state index contributed by atoms with van der Waals surface area (Å²) < 4.78 is 109. The van der Waals surface area contributed by atoms with E-state index < -0.39 is 50.0 Å². The highest BCUT2D eigenvalue weighted by atomic mass is 32.2. The lowest BCUT2D eigenvalue weighted by molar-refractivity contribution is -0.143. The third kappa shape index (κ3) is 6.52. The van der Waals surface area contributed by atoms with Gasteiger partial charge >= 0.3 is 12.4 Å². The first kappa shape index (κ1) is 28.7. The SMILES string of the molecule is CC(C)C[C@H](NS(=O)(=O)c1cc(C(F)(F)F)cc(C(F)(F)F)c1)C(N)(c1ccccc1)c1ccccc1. The molecular formula is C26H26F6N2O2S. The number of benzene rings is 3. The van der Waals surface area contributed by atoms with Gasteiger partial charge in [0.25, 0.3) is 0 Å².